The van der Waals surface area contributed by atoms with Gasteiger partial charge in [-0.15, -0.1) is 0 Å². The predicted octanol–water partition coefficient (Wildman–Crippen LogP) is 3.84. The summed E-state index contributed by atoms with van der Waals surface area (Å²) in [6, 6.07) is 24.5. The molecule has 2 N–H and O–H groups in total. The van der Waals surface area contributed by atoms with Gasteiger partial charge in [-0.1, -0.05) is 60.7 Å². The lowest BCUT2D eigenvalue weighted by Gasteiger charge is -2.18. The Balaban J connectivity index is 1.59. The van der Waals surface area contributed by atoms with Crippen LogP contribution in [0.3, 0.4) is 0 Å². The average molecular weight is 397 g/mol. The molecule has 6 heteroatoms. The smallest absolute Gasteiger partial charge is 0.339 e. The lowest BCUT2D eigenvalue weighted by molar-refractivity contribution is 0.171. The van der Waals surface area contributed by atoms with Crippen molar-refractivity contribution < 1.29 is 17.7 Å². The van der Waals surface area contributed by atoms with E-state index in [-0.39, 0.29) is 16.7 Å². The molecule has 0 spiro atoms. The molecule has 146 valence electrons. The van der Waals surface area contributed by atoms with Crippen LogP contribution >= 0.6 is 0 Å². The van der Waals surface area contributed by atoms with Gasteiger partial charge in [-0.05, 0) is 42.3 Å². The van der Waals surface area contributed by atoms with Crippen LogP contribution in [0.25, 0.3) is 0 Å². The van der Waals surface area contributed by atoms with Crippen LogP contribution in [0.1, 0.15) is 30.2 Å². The summed E-state index contributed by atoms with van der Waals surface area (Å²) in [6.45, 7) is 2.41. The second kappa shape index (κ2) is 9.01. The van der Waals surface area contributed by atoms with Crippen LogP contribution in [0.2, 0.25) is 0 Å². The summed E-state index contributed by atoms with van der Waals surface area (Å²) in [5, 5.41) is 13.7. The van der Waals surface area contributed by atoms with Crippen LogP contribution in [0, 0.1) is 0 Å². The van der Waals surface area contributed by atoms with Gasteiger partial charge in [0.05, 0.1) is 6.10 Å². The van der Waals surface area contributed by atoms with Crippen molar-refractivity contribution in [3.63, 3.8) is 0 Å². The van der Waals surface area contributed by atoms with E-state index in [0.29, 0.717) is 12.1 Å². The number of aliphatic hydroxyl groups excluding tert-OH is 1. The molecule has 0 radical (unpaired) electrons. The number of rotatable bonds is 8. The van der Waals surface area contributed by atoms with Crippen molar-refractivity contribution in [2.75, 3.05) is 6.54 Å². The Morgan fingerprint density at radius 3 is 2.04 bits per heavy atom. The lowest BCUT2D eigenvalue weighted by atomic mass is 10.1. The third kappa shape index (κ3) is 5.19. The Morgan fingerprint density at radius 1 is 0.857 bits per heavy atom. The average Bonchev–Trinajstić information content (AvgIpc) is 2.73. The predicted molar refractivity (Wildman–Crippen MR) is 109 cm³/mol. The zero-order valence-corrected chi connectivity index (χ0v) is 16.3. The standard InChI is InChI=1S/C22H23NO4S/c1-17(18-8-4-2-5-9-18)23-16-22(24)19-12-14-20(15-13-19)27-28(25,26)21-10-6-3-7-11-21/h2-15,17,22-24H,16H2,1H3/t17-,22-/m1/s1. The molecule has 3 aromatic carbocycles. The molecule has 2 atom stereocenters. The highest BCUT2D eigenvalue weighted by Gasteiger charge is 2.16. The molecular formula is C22H23NO4S. The van der Waals surface area contributed by atoms with Crippen molar-refractivity contribution in [1.82, 2.24) is 5.32 Å². The summed E-state index contributed by atoms with van der Waals surface area (Å²) in [5.74, 6) is 0.199. The second-order valence-corrected chi connectivity index (χ2v) is 8.02. The van der Waals surface area contributed by atoms with Crippen LogP contribution in [-0.4, -0.2) is 20.1 Å². The quantitative estimate of drug-likeness (QED) is 0.565. The van der Waals surface area contributed by atoms with Crippen molar-refractivity contribution >= 4 is 10.1 Å². The van der Waals surface area contributed by atoms with Crippen LogP contribution in [0.15, 0.2) is 89.8 Å². The molecule has 0 fully saturated rings. The fraction of sp³-hybridized carbons (Fsp3) is 0.182. The third-order valence-electron chi connectivity index (χ3n) is 4.42. The van der Waals surface area contributed by atoms with Gasteiger partial charge in [0.1, 0.15) is 10.6 Å². The number of aliphatic hydroxyl groups is 1. The highest BCUT2D eigenvalue weighted by molar-refractivity contribution is 7.87. The zero-order valence-electron chi connectivity index (χ0n) is 15.5. The van der Waals surface area contributed by atoms with E-state index in [9.17, 15) is 13.5 Å². The topological polar surface area (TPSA) is 75.6 Å². The minimum atomic E-state index is -3.87. The number of nitrogens with one attached hydrogen (secondary N) is 1. The molecular weight excluding hydrogens is 374 g/mol. The molecule has 0 aromatic heterocycles. The summed E-state index contributed by atoms with van der Waals surface area (Å²) < 4.78 is 29.7. The van der Waals surface area contributed by atoms with Gasteiger partial charge in [0.15, 0.2) is 0 Å². The molecule has 3 aromatic rings. The van der Waals surface area contributed by atoms with E-state index in [1.165, 1.54) is 12.1 Å². The summed E-state index contributed by atoms with van der Waals surface area (Å²) in [6.07, 6.45) is -0.717. The van der Waals surface area contributed by atoms with E-state index in [1.807, 2.05) is 37.3 Å². The Bertz CT molecular complexity index is 974. The normalized spacial score (nSPS) is 13.6. The molecule has 0 heterocycles. The fourth-order valence-electron chi connectivity index (χ4n) is 2.77. The highest BCUT2D eigenvalue weighted by Crippen LogP contribution is 2.22. The summed E-state index contributed by atoms with van der Waals surface area (Å²) in [7, 11) is -3.87. The van der Waals surface area contributed by atoms with Gasteiger partial charge in [0.25, 0.3) is 0 Å². The molecule has 0 aliphatic carbocycles. The molecule has 0 aliphatic rings. The van der Waals surface area contributed by atoms with Gasteiger partial charge >= 0.3 is 10.1 Å². The SMILES string of the molecule is C[C@@H](NC[C@@H](O)c1ccc(OS(=O)(=O)c2ccccc2)cc1)c1ccccc1. The van der Waals surface area contributed by atoms with E-state index in [1.54, 1.807) is 42.5 Å². The lowest BCUT2D eigenvalue weighted by Crippen LogP contribution is -2.24. The van der Waals surface area contributed by atoms with E-state index >= 15 is 0 Å². The summed E-state index contributed by atoms with van der Waals surface area (Å²) >= 11 is 0. The molecule has 0 aliphatic heterocycles. The zero-order chi connectivity index (χ0) is 20.0. The van der Waals surface area contributed by atoms with E-state index in [2.05, 4.69) is 5.32 Å². The molecule has 0 amide bonds. The summed E-state index contributed by atoms with van der Waals surface area (Å²) in [4.78, 5) is 0.0956. The largest absolute Gasteiger partial charge is 0.387 e. The second-order valence-electron chi connectivity index (χ2n) is 6.48. The Hall–Kier alpha value is -2.67. The first-order valence-corrected chi connectivity index (χ1v) is 10.4. The molecule has 0 saturated carbocycles. The number of benzene rings is 3. The maximum Gasteiger partial charge on any atom is 0.339 e. The molecule has 0 bridgehead atoms. The van der Waals surface area contributed by atoms with Gasteiger partial charge in [-0.25, -0.2) is 0 Å². The minimum absolute atomic E-state index is 0.0956. The molecule has 0 saturated heterocycles. The molecule has 5 nitrogen and oxygen atoms in total. The van der Waals surface area contributed by atoms with Crippen molar-refractivity contribution in [1.29, 1.82) is 0 Å². The van der Waals surface area contributed by atoms with Crippen molar-refractivity contribution in [3.05, 3.63) is 96.1 Å². The Morgan fingerprint density at radius 2 is 1.43 bits per heavy atom. The van der Waals surface area contributed by atoms with Gasteiger partial charge in [-0.3, -0.25) is 0 Å². The Labute approximate surface area is 165 Å². The van der Waals surface area contributed by atoms with E-state index in [4.69, 9.17) is 4.18 Å². The first-order chi connectivity index (χ1) is 13.5. The van der Waals surface area contributed by atoms with Crippen LogP contribution in [0.4, 0.5) is 0 Å². The van der Waals surface area contributed by atoms with Crippen LogP contribution in [0.5, 0.6) is 5.75 Å². The van der Waals surface area contributed by atoms with Gasteiger partial charge in [0, 0.05) is 12.6 Å². The monoisotopic (exact) mass is 397 g/mol. The van der Waals surface area contributed by atoms with Crippen LogP contribution < -0.4 is 9.50 Å². The number of hydrogen-bond donors (Lipinski definition) is 2. The van der Waals surface area contributed by atoms with Crippen molar-refractivity contribution in [2.45, 2.75) is 24.0 Å². The Kier molecular flexibility index (Phi) is 6.46. The maximum absolute atomic E-state index is 12.3. The van der Waals surface area contributed by atoms with Gasteiger partial charge in [0.2, 0.25) is 0 Å². The molecule has 3 rings (SSSR count). The third-order valence-corrected chi connectivity index (χ3v) is 5.68. The maximum atomic E-state index is 12.3. The van der Waals surface area contributed by atoms with Gasteiger partial charge < -0.3 is 14.6 Å². The van der Waals surface area contributed by atoms with E-state index in [0.717, 1.165) is 5.56 Å². The first-order valence-electron chi connectivity index (χ1n) is 9.01. The van der Waals surface area contributed by atoms with Crippen molar-refractivity contribution in [3.8, 4) is 5.75 Å². The summed E-state index contributed by atoms with van der Waals surface area (Å²) in [5.41, 5.74) is 1.82. The number of hydrogen-bond acceptors (Lipinski definition) is 5. The molecule has 28 heavy (non-hydrogen) atoms. The fourth-order valence-corrected chi connectivity index (χ4v) is 3.72. The first kappa shape index (κ1) is 20.1. The molecule has 0 unspecified atom stereocenters. The minimum Gasteiger partial charge on any atom is -0.387 e. The van der Waals surface area contributed by atoms with Gasteiger partial charge in [-0.2, -0.15) is 8.42 Å². The van der Waals surface area contributed by atoms with Crippen molar-refractivity contribution in [2.24, 2.45) is 0 Å². The van der Waals surface area contributed by atoms with Crippen LogP contribution in [-0.2, 0) is 10.1 Å². The highest BCUT2D eigenvalue weighted by atomic mass is 32.2. The van der Waals surface area contributed by atoms with E-state index < -0.39 is 16.2 Å².